The minimum Gasteiger partial charge on any atom is -0.339 e. The molecule has 5 rings (SSSR count). The summed E-state index contributed by atoms with van der Waals surface area (Å²) >= 11 is 3.25. The summed E-state index contributed by atoms with van der Waals surface area (Å²) in [6, 6.07) is 19.3. The fourth-order valence-corrected chi connectivity index (χ4v) is 5.78. The first-order valence-corrected chi connectivity index (χ1v) is 13.1. The predicted octanol–water partition coefficient (Wildman–Crippen LogP) is 4.17. The summed E-state index contributed by atoms with van der Waals surface area (Å²) in [6.07, 6.45) is 2.71. The van der Waals surface area contributed by atoms with Gasteiger partial charge in [0.05, 0.1) is 5.75 Å². The van der Waals surface area contributed by atoms with Crippen molar-refractivity contribution in [1.29, 1.82) is 0 Å². The van der Waals surface area contributed by atoms with Gasteiger partial charge in [-0.3, -0.25) is 9.69 Å². The third kappa shape index (κ3) is 5.46. The van der Waals surface area contributed by atoms with Gasteiger partial charge in [-0.15, -0.1) is 21.5 Å². The van der Waals surface area contributed by atoms with Gasteiger partial charge in [0.1, 0.15) is 6.33 Å². The van der Waals surface area contributed by atoms with Gasteiger partial charge in [0.2, 0.25) is 5.91 Å². The van der Waals surface area contributed by atoms with Gasteiger partial charge in [0, 0.05) is 44.1 Å². The van der Waals surface area contributed by atoms with E-state index >= 15 is 0 Å². The van der Waals surface area contributed by atoms with Crippen LogP contribution in [0, 0.1) is 0 Å². The standard InChI is InChI=1S/C25H27N5OS2/c31-24(18-33-25-27-26-19-30(25)11-10-22-8-4-16-32-22)29-14-12-28(13-15-29)17-21-7-3-6-20-5-1-2-9-23(20)21/h1-9,16,19H,10-15,17-18H2. The van der Waals surface area contributed by atoms with Crippen molar-refractivity contribution >= 4 is 39.8 Å². The van der Waals surface area contributed by atoms with Gasteiger partial charge < -0.3 is 9.47 Å². The normalized spacial score (nSPS) is 14.7. The molecule has 1 fully saturated rings. The number of nitrogens with zero attached hydrogens (tertiary/aromatic N) is 5. The lowest BCUT2D eigenvalue weighted by atomic mass is 10.0. The van der Waals surface area contributed by atoms with Crippen molar-refractivity contribution in [3.05, 3.63) is 76.7 Å². The van der Waals surface area contributed by atoms with Crippen molar-refractivity contribution in [2.24, 2.45) is 0 Å². The summed E-state index contributed by atoms with van der Waals surface area (Å²) in [7, 11) is 0. The van der Waals surface area contributed by atoms with Crippen LogP contribution in [0.2, 0.25) is 0 Å². The Morgan fingerprint density at radius 3 is 2.70 bits per heavy atom. The molecule has 1 saturated heterocycles. The molecule has 0 unspecified atom stereocenters. The third-order valence-electron chi connectivity index (χ3n) is 6.08. The molecule has 0 N–H and O–H groups in total. The molecule has 4 aromatic rings. The smallest absolute Gasteiger partial charge is 0.233 e. The van der Waals surface area contributed by atoms with Crippen LogP contribution in [-0.4, -0.2) is 62.4 Å². The Labute approximate surface area is 202 Å². The van der Waals surface area contributed by atoms with Crippen molar-refractivity contribution < 1.29 is 4.79 Å². The van der Waals surface area contributed by atoms with Gasteiger partial charge in [0.25, 0.3) is 0 Å². The number of benzene rings is 2. The Bertz CT molecular complexity index is 1190. The molecule has 170 valence electrons. The minimum atomic E-state index is 0.178. The Morgan fingerprint density at radius 2 is 1.85 bits per heavy atom. The van der Waals surface area contributed by atoms with Crippen molar-refractivity contribution in [2.45, 2.75) is 24.7 Å². The van der Waals surface area contributed by atoms with Gasteiger partial charge in [-0.1, -0.05) is 60.3 Å². The average Bonchev–Trinajstić information content (AvgIpc) is 3.54. The lowest BCUT2D eigenvalue weighted by molar-refractivity contribution is -0.130. The number of carbonyl (C=O) groups excluding carboxylic acids is 1. The van der Waals surface area contributed by atoms with E-state index in [9.17, 15) is 4.79 Å². The molecule has 1 amide bonds. The van der Waals surface area contributed by atoms with Crippen molar-refractivity contribution in [3.8, 4) is 0 Å². The van der Waals surface area contributed by atoms with E-state index in [0.29, 0.717) is 5.75 Å². The molecule has 0 spiro atoms. The summed E-state index contributed by atoms with van der Waals surface area (Å²) in [5.74, 6) is 0.582. The topological polar surface area (TPSA) is 54.3 Å². The first kappa shape index (κ1) is 22.1. The van der Waals surface area contributed by atoms with Crippen LogP contribution in [0.4, 0.5) is 0 Å². The maximum Gasteiger partial charge on any atom is 0.233 e. The number of fused-ring (bicyclic) bond motifs is 1. The first-order chi connectivity index (χ1) is 16.3. The van der Waals surface area contributed by atoms with Gasteiger partial charge in [-0.25, -0.2) is 0 Å². The highest BCUT2D eigenvalue weighted by atomic mass is 32.2. The Morgan fingerprint density at radius 1 is 1.00 bits per heavy atom. The number of aromatic nitrogens is 3. The molecule has 1 aliphatic heterocycles. The highest BCUT2D eigenvalue weighted by molar-refractivity contribution is 7.99. The van der Waals surface area contributed by atoms with Crippen LogP contribution in [0.3, 0.4) is 0 Å². The Hall–Kier alpha value is -2.68. The molecule has 0 aliphatic carbocycles. The van der Waals surface area contributed by atoms with Gasteiger partial charge in [-0.2, -0.15) is 0 Å². The maximum atomic E-state index is 12.8. The van der Waals surface area contributed by atoms with Crippen LogP contribution in [0.1, 0.15) is 10.4 Å². The van der Waals surface area contributed by atoms with Crippen LogP contribution in [-0.2, 0) is 24.3 Å². The summed E-state index contributed by atoms with van der Waals surface area (Å²) in [5, 5.41) is 13.8. The fourth-order valence-electron chi connectivity index (χ4n) is 4.24. The maximum absolute atomic E-state index is 12.8. The van der Waals surface area contributed by atoms with Crippen molar-refractivity contribution in [1.82, 2.24) is 24.6 Å². The molecule has 3 heterocycles. The van der Waals surface area contributed by atoms with Crippen LogP contribution in [0.5, 0.6) is 0 Å². The number of carbonyl (C=O) groups is 1. The monoisotopic (exact) mass is 477 g/mol. The number of piperazine rings is 1. The molecule has 8 heteroatoms. The second-order valence-corrected chi connectivity index (χ2v) is 10.2. The first-order valence-electron chi connectivity index (χ1n) is 11.3. The van der Waals surface area contributed by atoms with E-state index in [1.54, 1.807) is 17.7 Å². The molecule has 0 saturated carbocycles. The van der Waals surface area contributed by atoms with E-state index in [1.165, 1.54) is 33.0 Å². The van der Waals surface area contributed by atoms with E-state index in [1.807, 2.05) is 9.47 Å². The molecule has 6 nitrogen and oxygen atoms in total. The average molecular weight is 478 g/mol. The van der Waals surface area contributed by atoms with Gasteiger partial charge in [0.15, 0.2) is 5.16 Å². The second kappa shape index (κ2) is 10.5. The van der Waals surface area contributed by atoms with Crippen molar-refractivity contribution in [3.63, 3.8) is 0 Å². The molecule has 2 aromatic heterocycles. The predicted molar refractivity (Wildman–Crippen MR) is 135 cm³/mol. The second-order valence-electron chi connectivity index (χ2n) is 8.22. The van der Waals surface area contributed by atoms with Crippen molar-refractivity contribution in [2.75, 3.05) is 31.9 Å². The largest absolute Gasteiger partial charge is 0.339 e. The zero-order chi connectivity index (χ0) is 22.5. The molecule has 0 bridgehead atoms. The summed E-state index contributed by atoms with van der Waals surface area (Å²) in [4.78, 5) is 18.6. The molecule has 2 aromatic carbocycles. The zero-order valence-electron chi connectivity index (χ0n) is 18.5. The molecular formula is C25H27N5OS2. The third-order valence-corrected chi connectivity index (χ3v) is 7.98. The van der Waals surface area contributed by atoms with E-state index in [-0.39, 0.29) is 5.91 Å². The highest BCUT2D eigenvalue weighted by Gasteiger charge is 2.22. The quantitative estimate of drug-likeness (QED) is 0.357. The highest BCUT2D eigenvalue weighted by Crippen LogP contribution is 2.21. The van der Waals surface area contributed by atoms with E-state index < -0.39 is 0 Å². The van der Waals surface area contributed by atoms with E-state index in [4.69, 9.17) is 0 Å². The number of thioether (sulfide) groups is 1. The number of aryl methyl sites for hydroxylation is 2. The summed E-state index contributed by atoms with van der Waals surface area (Å²) in [5.41, 5.74) is 1.35. The van der Waals surface area contributed by atoms with Crippen LogP contribution in [0.25, 0.3) is 10.8 Å². The number of rotatable bonds is 8. The van der Waals surface area contributed by atoms with Crippen LogP contribution >= 0.6 is 23.1 Å². The van der Waals surface area contributed by atoms with Gasteiger partial charge in [-0.05, 0) is 34.2 Å². The zero-order valence-corrected chi connectivity index (χ0v) is 20.1. The van der Waals surface area contributed by atoms with Gasteiger partial charge >= 0.3 is 0 Å². The molecule has 1 aliphatic rings. The molecule has 33 heavy (non-hydrogen) atoms. The van der Waals surface area contributed by atoms with Crippen LogP contribution < -0.4 is 0 Å². The Kier molecular flexibility index (Phi) is 7.04. The molecule has 0 radical (unpaired) electrons. The summed E-state index contributed by atoms with van der Waals surface area (Å²) < 4.78 is 2.04. The van der Waals surface area contributed by atoms with E-state index in [2.05, 4.69) is 75.1 Å². The molecule has 0 atom stereocenters. The van der Waals surface area contributed by atoms with Crippen LogP contribution in [0.15, 0.2) is 71.5 Å². The Balaban J connectivity index is 1.10. The lowest BCUT2D eigenvalue weighted by Crippen LogP contribution is -2.48. The minimum absolute atomic E-state index is 0.178. The number of thiophene rings is 1. The lowest BCUT2D eigenvalue weighted by Gasteiger charge is -2.35. The molecular weight excluding hydrogens is 450 g/mol. The number of hydrogen-bond donors (Lipinski definition) is 0. The fraction of sp³-hybridized carbons (Fsp3) is 0.320. The SMILES string of the molecule is O=C(CSc1nncn1CCc1cccs1)N1CCN(Cc2cccc3ccccc23)CC1. The summed E-state index contributed by atoms with van der Waals surface area (Å²) in [6.45, 7) is 5.10. The van der Waals surface area contributed by atoms with E-state index in [0.717, 1.165) is 50.8 Å². The number of amides is 1. The number of hydrogen-bond acceptors (Lipinski definition) is 6.